The molecular formula is C19H28N2O3S. The highest BCUT2D eigenvalue weighted by molar-refractivity contribution is 7.91. The molecule has 1 atom stereocenters. The summed E-state index contributed by atoms with van der Waals surface area (Å²) in [7, 11) is -2.99. The van der Waals surface area contributed by atoms with Crippen molar-refractivity contribution >= 4 is 15.7 Å². The molecule has 0 aromatic heterocycles. The second-order valence-electron chi connectivity index (χ2n) is 7.24. The number of nitrogens with one attached hydrogen (secondary N) is 1. The van der Waals surface area contributed by atoms with E-state index in [1.807, 2.05) is 35.2 Å². The van der Waals surface area contributed by atoms with Crippen LogP contribution < -0.4 is 5.32 Å². The maximum absolute atomic E-state index is 12.9. The Morgan fingerprint density at radius 1 is 1.04 bits per heavy atom. The van der Waals surface area contributed by atoms with Crippen LogP contribution in [0.15, 0.2) is 30.3 Å². The second-order valence-corrected chi connectivity index (χ2v) is 9.47. The summed E-state index contributed by atoms with van der Waals surface area (Å²) < 4.78 is 23.8. The Kier molecular flexibility index (Phi) is 6.12. The maximum atomic E-state index is 12.9. The van der Waals surface area contributed by atoms with Crippen LogP contribution in [0.3, 0.4) is 0 Å². The fourth-order valence-electron chi connectivity index (χ4n) is 4.06. The summed E-state index contributed by atoms with van der Waals surface area (Å²) in [6.07, 6.45) is 6.07. The number of amides is 1. The molecule has 1 aromatic carbocycles. The zero-order valence-corrected chi connectivity index (χ0v) is 15.5. The summed E-state index contributed by atoms with van der Waals surface area (Å²) in [5.41, 5.74) is 1.14. The molecule has 0 spiro atoms. The lowest BCUT2D eigenvalue weighted by Crippen LogP contribution is -2.51. The largest absolute Gasteiger partial charge is 0.335 e. The second kappa shape index (κ2) is 8.32. The summed E-state index contributed by atoms with van der Waals surface area (Å²) in [4.78, 5) is 14.8. The van der Waals surface area contributed by atoms with Crippen molar-refractivity contribution in [3.8, 4) is 0 Å². The van der Waals surface area contributed by atoms with Gasteiger partial charge in [0.1, 0.15) is 0 Å². The van der Waals surface area contributed by atoms with E-state index in [1.54, 1.807) is 0 Å². The van der Waals surface area contributed by atoms with Gasteiger partial charge in [-0.1, -0.05) is 49.6 Å². The number of hydrogen-bond acceptors (Lipinski definition) is 4. The van der Waals surface area contributed by atoms with Crippen LogP contribution in [-0.4, -0.2) is 49.4 Å². The van der Waals surface area contributed by atoms with Gasteiger partial charge in [-0.15, -0.1) is 0 Å². The molecule has 1 saturated carbocycles. The molecule has 0 bridgehead atoms. The molecule has 3 rings (SSSR count). The van der Waals surface area contributed by atoms with E-state index in [0.717, 1.165) is 31.2 Å². The van der Waals surface area contributed by atoms with Crippen molar-refractivity contribution < 1.29 is 13.2 Å². The molecule has 1 aliphatic heterocycles. The van der Waals surface area contributed by atoms with Gasteiger partial charge in [-0.3, -0.25) is 4.79 Å². The fraction of sp³-hybridized carbons (Fsp3) is 0.632. The van der Waals surface area contributed by atoms with Gasteiger partial charge in [0.15, 0.2) is 9.84 Å². The lowest BCUT2D eigenvalue weighted by atomic mass is 9.93. The van der Waals surface area contributed by atoms with Gasteiger partial charge >= 0.3 is 0 Å². The van der Waals surface area contributed by atoms with Crippen molar-refractivity contribution in [2.75, 3.05) is 18.1 Å². The summed E-state index contributed by atoms with van der Waals surface area (Å²) in [6, 6.07) is 10.1. The number of hydrogen-bond donors (Lipinski definition) is 1. The maximum Gasteiger partial charge on any atom is 0.237 e. The topological polar surface area (TPSA) is 66.5 Å². The Hall–Kier alpha value is -1.40. The highest BCUT2D eigenvalue weighted by atomic mass is 32.2. The van der Waals surface area contributed by atoms with Crippen molar-refractivity contribution in [1.82, 2.24) is 10.2 Å². The predicted octanol–water partition coefficient (Wildman–Crippen LogP) is 2.12. The molecule has 1 unspecified atom stereocenters. The van der Waals surface area contributed by atoms with Crippen LogP contribution in [-0.2, 0) is 21.2 Å². The number of nitrogens with zero attached hydrogens (tertiary/aromatic N) is 1. The average molecular weight is 365 g/mol. The average Bonchev–Trinajstić information content (AvgIpc) is 2.96. The molecule has 1 saturated heterocycles. The molecule has 0 radical (unpaired) electrons. The summed E-state index contributed by atoms with van der Waals surface area (Å²) in [6.45, 7) is 0.913. The van der Waals surface area contributed by atoms with Crippen molar-refractivity contribution in [3.05, 3.63) is 35.9 Å². The molecule has 1 N–H and O–H groups in total. The molecule has 1 aromatic rings. The third kappa shape index (κ3) is 5.05. The first-order chi connectivity index (χ1) is 12.1. The number of carbonyl (C=O) groups excluding carboxylic acids is 1. The van der Waals surface area contributed by atoms with E-state index in [9.17, 15) is 13.2 Å². The van der Waals surface area contributed by atoms with Gasteiger partial charge in [0.2, 0.25) is 5.91 Å². The molecule has 25 heavy (non-hydrogen) atoms. The van der Waals surface area contributed by atoms with Gasteiger partial charge in [0.05, 0.1) is 18.1 Å². The zero-order chi connectivity index (χ0) is 17.7. The van der Waals surface area contributed by atoms with Gasteiger partial charge in [-0.05, 0) is 24.8 Å². The minimum Gasteiger partial charge on any atom is -0.335 e. The zero-order valence-electron chi connectivity index (χ0n) is 14.7. The van der Waals surface area contributed by atoms with Crippen molar-refractivity contribution in [2.45, 2.75) is 57.2 Å². The van der Waals surface area contributed by atoms with E-state index in [-0.39, 0.29) is 36.0 Å². The van der Waals surface area contributed by atoms with E-state index >= 15 is 0 Å². The first kappa shape index (κ1) is 18.4. The molecule has 6 heteroatoms. The monoisotopic (exact) mass is 364 g/mol. The lowest BCUT2D eigenvalue weighted by Gasteiger charge is -2.38. The normalized spacial score (nSPS) is 23.4. The smallest absolute Gasteiger partial charge is 0.237 e. The number of benzene rings is 1. The van der Waals surface area contributed by atoms with Crippen LogP contribution in [0.5, 0.6) is 0 Å². The first-order valence-electron chi connectivity index (χ1n) is 9.31. The van der Waals surface area contributed by atoms with Crippen molar-refractivity contribution in [3.63, 3.8) is 0 Å². The van der Waals surface area contributed by atoms with E-state index in [1.165, 1.54) is 6.42 Å². The summed E-state index contributed by atoms with van der Waals surface area (Å²) in [5.74, 6) is 0.393. The Bertz CT molecular complexity index is 669. The van der Waals surface area contributed by atoms with Crippen molar-refractivity contribution in [2.24, 2.45) is 0 Å². The van der Waals surface area contributed by atoms with Gasteiger partial charge in [-0.25, -0.2) is 8.42 Å². The van der Waals surface area contributed by atoms with Crippen LogP contribution in [0.25, 0.3) is 0 Å². The summed E-state index contributed by atoms with van der Waals surface area (Å²) in [5, 5.41) is 3.22. The molecule has 5 nitrogen and oxygen atoms in total. The predicted molar refractivity (Wildman–Crippen MR) is 98.9 cm³/mol. The Labute approximate surface area is 150 Å². The van der Waals surface area contributed by atoms with Crippen LogP contribution in [0.1, 0.15) is 44.1 Å². The number of carbonyl (C=O) groups is 1. The summed E-state index contributed by atoms with van der Waals surface area (Å²) >= 11 is 0. The highest BCUT2D eigenvalue weighted by Crippen LogP contribution is 2.28. The van der Waals surface area contributed by atoms with Crippen LogP contribution >= 0.6 is 0 Å². The van der Waals surface area contributed by atoms with E-state index < -0.39 is 9.84 Å². The van der Waals surface area contributed by atoms with Crippen LogP contribution in [0, 0.1) is 0 Å². The molecule has 1 aliphatic carbocycles. The highest BCUT2D eigenvalue weighted by Gasteiger charge is 2.38. The minimum absolute atomic E-state index is 0.0462. The number of sulfone groups is 1. The molecule has 2 fully saturated rings. The molecule has 1 amide bonds. The third-order valence-electron chi connectivity index (χ3n) is 5.31. The first-order valence-corrected chi connectivity index (χ1v) is 11.1. The Morgan fingerprint density at radius 3 is 2.40 bits per heavy atom. The van der Waals surface area contributed by atoms with E-state index in [4.69, 9.17) is 0 Å². The van der Waals surface area contributed by atoms with Crippen LogP contribution in [0.2, 0.25) is 0 Å². The van der Waals surface area contributed by atoms with Crippen LogP contribution in [0.4, 0.5) is 0 Å². The fourth-order valence-corrected chi connectivity index (χ4v) is 5.77. The molecule has 1 heterocycles. The van der Waals surface area contributed by atoms with Crippen molar-refractivity contribution in [1.29, 1.82) is 0 Å². The molecular weight excluding hydrogens is 336 g/mol. The standard InChI is InChI=1S/C19H28N2O3S/c22-19(14-20-13-16-7-3-1-4-8-16)21(17-9-5-2-6-10-17)18-11-12-25(23,24)15-18/h1,3-4,7-8,17-18,20H,2,5-6,9-15H2. The SMILES string of the molecule is O=C(CNCc1ccccc1)N(C1CCCCC1)C1CCS(=O)(=O)C1. The molecule has 2 aliphatic rings. The lowest BCUT2D eigenvalue weighted by molar-refractivity contribution is -0.135. The Morgan fingerprint density at radius 2 is 1.76 bits per heavy atom. The van der Waals surface area contributed by atoms with Gasteiger partial charge in [0.25, 0.3) is 0 Å². The Balaban J connectivity index is 1.62. The quantitative estimate of drug-likeness (QED) is 0.840. The van der Waals surface area contributed by atoms with Gasteiger partial charge < -0.3 is 10.2 Å². The van der Waals surface area contributed by atoms with Gasteiger partial charge in [-0.2, -0.15) is 0 Å². The number of rotatable bonds is 6. The molecule has 138 valence electrons. The minimum atomic E-state index is -2.99. The van der Waals surface area contributed by atoms with Gasteiger partial charge in [0, 0.05) is 18.6 Å². The van der Waals surface area contributed by atoms with E-state index in [0.29, 0.717) is 13.0 Å². The third-order valence-corrected chi connectivity index (χ3v) is 7.06. The van der Waals surface area contributed by atoms with E-state index in [2.05, 4.69) is 5.32 Å².